The van der Waals surface area contributed by atoms with Crippen LogP contribution in [0.15, 0.2) is 22.4 Å². The average molecular weight is 380 g/mol. The molecule has 0 spiro atoms. The number of imidazole rings is 1. The van der Waals surface area contributed by atoms with Gasteiger partial charge in [-0.25, -0.2) is 19.9 Å². The lowest BCUT2D eigenvalue weighted by molar-refractivity contribution is -0.0289. The van der Waals surface area contributed by atoms with Gasteiger partial charge in [-0.3, -0.25) is 4.57 Å². The first-order valence-corrected chi connectivity index (χ1v) is 9.40. The van der Waals surface area contributed by atoms with Crippen molar-refractivity contribution in [3.05, 3.63) is 23.7 Å². The largest absolute Gasteiger partial charge is 0.387 e. The zero-order valence-corrected chi connectivity index (χ0v) is 14.8. The van der Waals surface area contributed by atoms with Crippen LogP contribution in [0.2, 0.25) is 0 Å². The van der Waals surface area contributed by atoms with Gasteiger partial charge in [-0.05, 0) is 6.92 Å². The minimum atomic E-state index is -1.10. The van der Waals surface area contributed by atoms with Gasteiger partial charge in [0.1, 0.15) is 28.4 Å². The molecule has 0 aromatic carbocycles. The maximum Gasteiger partial charge on any atom is 0.167 e. The van der Waals surface area contributed by atoms with Crippen molar-refractivity contribution in [1.29, 1.82) is 0 Å². The number of anilines is 1. The molecule has 3 aromatic heterocycles. The summed E-state index contributed by atoms with van der Waals surface area (Å²) in [5.41, 5.74) is 7.63. The second-order valence-electron chi connectivity index (χ2n) is 5.70. The molecule has 1 fully saturated rings. The number of ether oxygens (including phenoxy) is 1. The Kier molecular flexibility index (Phi) is 4.33. The van der Waals surface area contributed by atoms with Gasteiger partial charge in [-0.15, -0.1) is 11.3 Å². The standard InChI is InChI=1S/C14H16N6O3S2/c1-6-2-24-14(19-6)25-3-7-9(21)10(22)13(23-7)20-5-18-8-11(15)16-4-17-12(8)20/h2,4-5,7,9-10,13,21-22H,3H2,1H3,(H2,15,16,17)/t7-,9-,10-,13-/m1/s1. The fourth-order valence-electron chi connectivity index (χ4n) is 2.71. The number of nitrogens with two attached hydrogens (primary N) is 1. The van der Waals surface area contributed by atoms with E-state index in [0.29, 0.717) is 16.9 Å². The molecule has 9 nitrogen and oxygen atoms in total. The van der Waals surface area contributed by atoms with Crippen LogP contribution in [0.3, 0.4) is 0 Å². The predicted molar refractivity (Wildman–Crippen MR) is 93.2 cm³/mol. The third-order valence-electron chi connectivity index (χ3n) is 3.97. The van der Waals surface area contributed by atoms with E-state index in [4.69, 9.17) is 10.5 Å². The zero-order valence-electron chi connectivity index (χ0n) is 13.2. The third-order valence-corrected chi connectivity index (χ3v) is 6.20. The van der Waals surface area contributed by atoms with Crippen molar-refractivity contribution < 1.29 is 14.9 Å². The van der Waals surface area contributed by atoms with Crippen molar-refractivity contribution >= 4 is 40.1 Å². The first kappa shape index (κ1) is 16.7. The molecule has 1 aliphatic rings. The Balaban J connectivity index is 1.54. The van der Waals surface area contributed by atoms with Gasteiger partial charge in [0.05, 0.1) is 12.4 Å². The van der Waals surface area contributed by atoms with Crippen LogP contribution in [0.4, 0.5) is 5.82 Å². The summed E-state index contributed by atoms with van der Waals surface area (Å²) in [6.07, 6.45) is -0.641. The lowest BCUT2D eigenvalue weighted by Gasteiger charge is -2.16. The number of hydrogen-bond acceptors (Lipinski definition) is 10. The number of fused-ring (bicyclic) bond motifs is 1. The van der Waals surface area contributed by atoms with Crippen LogP contribution in [0.5, 0.6) is 0 Å². The lowest BCUT2D eigenvalue weighted by atomic mass is 10.1. The summed E-state index contributed by atoms with van der Waals surface area (Å²) in [5.74, 6) is 0.730. The SMILES string of the molecule is Cc1csc(SC[C@H]2O[C@@H](n3cnc4c(N)ncnc43)[C@H](O)[C@@H]2O)n1. The molecule has 0 radical (unpaired) electrons. The summed E-state index contributed by atoms with van der Waals surface area (Å²) in [6, 6.07) is 0. The molecule has 0 bridgehead atoms. The van der Waals surface area contributed by atoms with E-state index in [1.54, 1.807) is 15.9 Å². The third kappa shape index (κ3) is 2.98. The van der Waals surface area contributed by atoms with E-state index in [1.807, 2.05) is 12.3 Å². The topological polar surface area (TPSA) is 132 Å². The Hall–Kier alpha value is -1.79. The smallest absolute Gasteiger partial charge is 0.167 e. The van der Waals surface area contributed by atoms with E-state index in [-0.39, 0.29) is 5.82 Å². The molecular formula is C14H16N6O3S2. The number of aromatic nitrogens is 5. The van der Waals surface area contributed by atoms with Crippen molar-refractivity contribution in [3.63, 3.8) is 0 Å². The summed E-state index contributed by atoms with van der Waals surface area (Å²) in [4.78, 5) is 16.6. The minimum absolute atomic E-state index is 0.253. The van der Waals surface area contributed by atoms with Gasteiger partial charge >= 0.3 is 0 Å². The van der Waals surface area contributed by atoms with E-state index in [1.165, 1.54) is 24.4 Å². The number of nitrogen functional groups attached to an aromatic ring is 1. The number of aliphatic hydroxyl groups excluding tert-OH is 2. The second kappa shape index (κ2) is 6.50. The monoisotopic (exact) mass is 380 g/mol. The Bertz CT molecular complexity index is 900. The molecule has 0 amide bonds. The summed E-state index contributed by atoms with van der Waals surface area (Å²) >= 11 is 3.03. The quantitative estimate of drug-likeness (QED) is 0.556. The second-order valence-corrected chi connectivity index (χ2v) is 7.82. The van der Waals surface area contributed by atoms with Gasteiger partial charge in [-0.2, -0.15) is 0 Å². The van der Waals surface area contributed by atoms with Crippen LogP contribution in [0.25, 0.3) is 11.2 Å². The number of aryl methyl sites for hydroxylation is 1. The fourth-order valence-corrected chi connectivity index (χ4v) is 4.64. The molecule has 0 aliphatic carbocycles. The molecule has 132 valence electrons. The summed E-state index contributed by atoms with van der Waals surface area (Å²) < 4.78 is 8.36. The van der Waals surface area contributed by atoms with Gasteiger partial charge in [0, 0.05) is 16.8 Å². The predicted octanol–water partition coefficient (Wildman–Crippen LogP) is 0.585. The van der Waals surface area contributed by atoms with Gasteiger partial charge in [0.2, 0.25) is 0 Å². The number of thiazole rings is 1. The average Bonchev–Trinajstić information content (AvgIpc) is 3.27. The summed E-state index contributed by atoms with van der Waals surface area (Å²) in [7, 11) is 0. The minimum Gasteiger partial charge on any atom is -0.387 e. The van der Waals surface area contributed by atoms with Crippen LogP contribution in [-0.2, 0) is 4.74 Å². The molecule has 4 atom stereocenters. The Morgan fingerprint density at radius 2 is 2.16 bits per heavy atom. The highest BCUT2D eigenvalue weighted by atomic mass is 32.2. The molecule has 11 heteroatoms. The molecule has 4 heterocycles. The number of rotatable bonds is 4. The normalized spacial score (nSPS) is 26.5. The highest BCUT2D eigenvalue weighted by molar-refractivity contribution is 8.01. The molecule has 25 heavy (non-hydrogen) atoms. The van der Waals surface area contributed by atoms with Gasteiger partial charge in [0.25, 0.3) is 0 Å². The molecule has 4 N–H and O–H groups in total. The Labute approximate surface area is 150 Å². The van der Waals surface area contributed by atoms with Crippen molar-refractivity contribution in [3.8, 4) is 0 Å². The van der Waals surface area contributed by atoms with Crippen molar-refractivity contribution in [1.82, 2.24) is 24.5 Å². The van der Waals surface area contributed by atoms with Crippen LogP contribution in [0, 0.1) is 6.92 Å². The maximum atomic E-state index is 10.4. The Morgan fingerprint density at radius 3 is 2.92 bits per heavy atom. The highest BCUT2D eigenvalue weighted by Gasteiger charge is 2.44. The van der Waals surface area contributed by atoms with E-state index < -0.39 is 24.5 Å². The van der Waals surface area contributed by atoms with Crippen molar-refractivity contribution in [2.45, 2.75) is 35.8 Å². The Morgan fingerprint density at radius 1 is 1.32 bits per heavy atom. The van der Waals surface area contributed by atoms with Gasteiger partial charge < -0.3 is 20.7 Å². The molecule has 0 saturated carbocycles. The molecule has 4 rings (SSSR count). The maximum absolute atomic E-state index is 10.4. The number of thioether (sulfide) groups is 1. The van der Waals surface area contributed by atoms with Crippen molar-refractivity contribution in [2.75, 3.05) is 11.5 Å². The fraction of sp³-hybridized carbons (Fsp3) is 0.429. The summed E-state index contributed by atoms with van der Waals surface area (Å²) in [5, 5.41) is 22.7. The van der Waals surface area contributed by atoms with E-state index >= 15 is 0 Å². The number of hydrogen-bond donors (Lipinski definition) is 3. The van der Waals surface area contributed by atoms with Crippen LogP contribution in [-0.4, -0.2) is 58.8 Å². The molecule has 1 saturated heterocycles. The molecular weight excluding hydrogens is 364 g/mol. The number of aliphatic hydroxyl groups is 2. The first-order chi connectivity index (χ1) is 12.0. The van der Waals surface area contributed by atoms with Crippen LogP contribution >= 0.6 is 23.1 Å². The highest BCUT2D eigenvalue weighted by Crippen LogP contribution is 2.35. The van der Waals surface area contributed by atoms with Crippen molar-refractivity contribution in [2.24, 2.45) is 0 Å². The van der Waals surface area contributed by atoms with Crippen LogP contribution < -0.4 is 5.73 Å². The van der Waals surface area contributed by atoms with E-state index in [0.717, 1.165) is 10.0 Å². The van der Waals surface area contributed by atoms with E-state index in [9.17, 15) is 10.2 Å². The van der Waals surface area contributed by atoms with Gasteiger partial charge in [-0.1, -0.05) is 11.8 Å². The van der Waals surface area contributed by atoms with E-state index in [2.05, 4.69) is 19.9 Å². The molecule has 3 aromatic rings. The summed E-state index contributed by atoms with van der Waals surface area (Å²) in [6.45, 7) is 1.93. The zero-order chi connectivity index (χ0) is 17.6. The molecule has 0 unspecified atom stereocenters. The van der Waals surface area contributed by atoms with Gasteiger partial charge in [0.15, 0.2) is 17.7 Å². The molecule has 1 aliphatic heterocycles. The van der Waals surface area contributed by atoms with Crippen LogP contribution in [0.1, 0.15) is 11.9 Å². The lowest BCUT2D eigenvalue weighted by Crippen LogP contribution is -2.32. The first-order valence-electron chi connectivity index (χ1n) is 7.54. The number of nitrogens with zero attached hydrogens (tertiary/aromatic N) is 5.